The van der Waals surface area contributed by atoms with Crippen molar-refractivity contribution in [2.45, 2.75) is 5.75 Å². The fraction of sp³-hybridized carbons (Fsp3) is 0.0769. The lowest BCUT2D eigenvalue weighted by atomic mass is 10.2. The van der Waals surface area contributed by atoms with Gasteiger partial charge in [-0.25, -0.2) is 0 Å². The van der Waals surface area contributed by atoms with Gasteiger partial charge in [0.05, 0.1) is 16.4 Å². The summed E-state index contributed by atoms with van der Waals surface area (Å²) in [5.41, 5.74) is 6.31. The Bertz CT molecular complexity index is 952. The predicted octanol–water partition coefficient (Wildman–Crippen LogP) is 3.34. The fourth-order valence-corrected chi connectivity index (χ4v) is 2.70. The molecule has 0 aliphatic rings. The van der Waals surface area contributed by atoms with Crippen LogP contribution >= 0.6 is 23.2 Å². The van der Waals surface area contributed by atoms with Crippen LogP contribution in [-0.4, -0.2) is 21.4 Å². The molecule has 24 heavy (non-hydrogen) atoms. The SMILES string of the molecule is Nc1cc(Cl)ccc1Cl.O=S(=O)=Nc1cccc(CS(=O)(=O)O)c1. The number of halogens is 2. The summed E-state index contributed by atoms with van der Waals surface area (Å²) >= 11 is 11.2. The number of rotatable bonds is 3. The van der Waals surface area contributed by atoms with Gasteiger partial charge in [0.1, 0.15) is 5.75 Å². The van der Waals surface area contributed by atoms with E-state index in [0.29, 0.717) is 15.7 Å². The van der Waals surface area contributed by atoms with Gasteiger partial charge in [0, 0.05) is 5.02 Å². The summed E-state index contributed by atoms with van der Waals surface area (Å²) in [5, 5.41) is 1.15. The lowest BCUT2D eigenvalue weighted by Gasteiger charge is -1.98. The molecule has 2 rings (SSSR count). The smallest absolute Gasteiger partial charge is 0.316 e. The summed E-state index contributed by atoms with van der Waals surface area (Å²) < 4.78 is 53.3. The molecule has 0 aromatic heterocycles. The standard InChI is InChI=1S/C7H7NO5S2.C6H5Cl2N/c9-14(10)8-7-3-1-2-6(4-7)5-15(11,12)13;7-4-1-2-5(8)6(9)3-4/h1-4H,5H2,(H,11,12,13);1-3H,9H2. The Kier molecular flexibility index (Phi) is 7.64. The van der Waals surface area contributed by atoms with Crippen molar-refractivity contribution in [3.63, 3.8) is 0 Å². The maximum absolute atomic E-state index is 10.5. The van der Waals surface area contributed by atoms with E-state index in [1.165, 1.54) is 24.3 Å². The molecule has 130 valence electrons. The molecule has 2 aromatic rings. The highest BCUT2D eigenvalue weighted by molar-refractivity contribution is 7.85. The third kappa shape index (κ3) is 8.27. The van der Waals surface area contributed by atoms with Crippen molar-refractivity contribution >= 4 is 55.2 Å². The third-order valence-electron chi connectivity index (χ3n) is 2.40. The van der Waals surface area contributed by atoms with Crippen molar-refractivity contribution in [3.8, 4) is 0 Å². The molecule has 0 amide bonds. The molecule has 0 aliphatic heterocycles. The number of benzene rings is 2. The average Bonchev–Trinajstić information content (AvgIpc) is 2.42. The van der Waals surface area contributed by atoms with Crippen molar-refractivity contribution < 1.29 is 21.4 Å². The minimum absolute atomic E-state index is 0.115. The molecule has 0 bridgehead atoms. The van der Waals surface area contributed by atoms with Gasteiger partial charge in [0.15, 0.2) is 0 Å². The second-order valence-electron chi connectivity index (χ2n) is 4.37. The molecule has 0 saturated carbocycles. The molecular weight excluding hydrogens is 399 g/mol. The van der Waals surface area contributed by atoms with Crippen molar-refractivity contribution in [1.82, 2.24) is 0 Å². The van der Waals surface area contributed by atoms with E-state index in [9.17, 15) is 16.8 Å². The number of nitrogen functional groups attached to an aromatic ring is 1. The minimum Gasteiger partial charge on any atom is -0.397 e. The number of hydrogen-bond donors (Lipinski definition) is 2. The molecule has 0 saturated heterocycles. The van der Waals surface area contributed by atoms with Gasteiger partial charge >= 0.3 is 10.5 Å². The molecule has 0 radical (unpaired) electrons. The van der Waals surface area contributed by atoms with Gasteiger partial charge < -0.3 is 5.73 Å². The predicted molar refractivity (Wildman–Crippen MR) is 93.6 cm³/mol. The van der Waals surface area contributed by atoms with Crippen LogP contribution in [0.2, 0.25) is 10.0 Å². The molecule has 0 spiro atoms. The van der Waals surface area contributed by atoms with Gasteiger partial charge in [-0.15, -0.1) is 4.36 Å². The fourth-order valence-electron chi connectivity index (χ4n) is 1.51. The normalized spacial score (nSPS) is 10.5. The third-order valence-corrected chi connectivity index (χ3v) is 4.03. The zero-order valence-corrected chi connectivity index (χ0v) is 15.1. The average molecular weight is 411 g/mol. The van der Waals surface area contributed by atoms with Crippen LogP contribution in [0.15, 0.2) is 46.8 Å². The Morgan fingerprint density at radius 2 is 1.79 bits per heavy atom. The second kappa shape index (κ2) is 9.00. The summed E-state index contributed by atoms with van der Waals surface area (Å²) in [7, 11) is -6.70. The van der Waals surface area contributed by atoms with Crippen LogP contribution in [0.3, 0.4) is 0 Å². The van der Waals surface area contributed by atoms with E-state index in [4.69, 9.17) is 33.5 Å². The first-order valence-corrected chi connectivity index (χ1v) is 9.52. The zero-order valence-electron chi connectivity index (χ0n) is 11.9. The first kappa shape index (κ1) is 20.4. The molecule has 0 unspecified atom stereocenters. The Morgan fingerprint density at radius 3 is 2.29 bits per heavy atom. The second-order valence-corrected chi connectivity index (χ2v) is 7.28. The number of nitrogens with zero attached hydrogens (tertiary/aromatic N) is 1. The van der Waals surface area contributed by atoms with Crippen LogP contribution in [0.5, 0.6) is 0 Å². The maximum Gasteiger partial charge on any atom is 0.316 e. The minimum atomic E-state index is -4.12. The zero-order chi connectivity index (χ0) is 18.3. The highest BCUT2D eigenvalue weighted by Crippen LogP contribution is 2.21. The molecule has 7 nitrogen and oxygen atoms in total. The lowest BCUT2D eigenvalue weighted by molar-refractivity contribution is 0.482. The van der Waals surface area contributed by atoms with Crippen LogP contribution in [0.4, 0.5) is 11.4 Å². The first-order chi connectivity index (χ1) is 11.1. The van der Waals surface area contributed by atoms with Crippen LogP contribution in [0, 0.1) is 0 Å². The van der Waals surface area contributed by atoms with Crippen LogP contribution in [-0.2, 0) is 26.4 Å². The van der Waals surface area contributed by atoms with Gasteiger partial charge in [0.25, 0.3) is 10.1 Å². The summed E-state index contributed by atoms with van der Waals surface area (Å²) in [6, 6.07) is 10.5. The van der Waals surface area contributed by atoms with Crippen molar-refractivity contribution in [3.05, 3.63) is 58.1 Å². The Hall–Kier alpha value is -1.65. The van der Waals surface area contributed by atoms with E-state index in [2.05, 4.69) is 4.36 Å². The lowest BCUT2D eigenvalue weighted by Crippen LogP contribution is -2.00. The molecule has 3 N–H and O–H groups in total. The van der Waals surface area contributed by atoms with Crippen molar-refractivity contribution in [1.29, 1.82) is 0 Å². The summed E-state index contributed by atoms with van der Waals surface area (Å²) in [5.74, 6) is -0.568. The van der Waals surface area contributed by atoms with Gasteiger partial charge in [-0.3, -0.25) is 4.55 Å². The van der Waals surface area contributed by atoms with Gasteiger partial charge in [-0.1, -0.05) is 35.3 Å². The van der Waals surface area contributed by atoms with Crippen molar-refractivity contribution in [2.75, 3.05) is 5.73 Å². The quantitative estimate of drug-likeness (QED) is 0.589. The highest BCUT2D eigenvalue weighted by atomic mass is 35.5. The largest absolute Gasteiger partial charge is 0.397 e. The van der Waals surface area contributed by atoms with Crippen LogP contribution < -0.4 is 5.73 Å². The van der Waals surface area contributed by atoms with E-state index < -0.39 is 26.4 Å². The Morgan fingerprint density at radius 1 is 1.12 bits per heavy atom. The number of anilines is 1. The summed E-state index contributed by atoms with van der Waals surface area (Å²) in [6.45, 7) is 0. The van der Waals surface area contributed by atoms with E-state index in [1.54, 1.807) is 18.2 Å². The van der Waals surface area contributed by atoms with E-state index in [1.807, 2.05) is 0 Å². The number of nitrogens with two attached hydrogens (primary N) is 1. The van der Waals surface area contributed by atoms with E-state index in [0.717, 1.165) is 0 Å². The molecule has 11 heteroatoms. The topological polar surface area (TPSA) is 127 Å². The molecule has 0 fully saturated rings. The van der Waals surface area contributed by atoms with Crippen LogP contribution in [0.1, 0.15) is 5.56 Å². The van der Waals surface area contributed by atoms with Crippen LogP contribution in [0.25, 0.3) is 0 Å². The number of hydrogen-bond acceptors (Lipinski definition) is 6. The molecule has 2 aromatic carbocycles. The molecule has 0 atom stereocenters. The monoisotopic (exact) mass is 410 g/mol. The molecule has 0 heterocycles. The van der Waals surface area contributed by atoms with Crippen molar-refractivity contribution in [2.24, 2.45) is 4.36 Å². The molecule has 0 aliphatic carbocycles. The highest BCUT2D eigenvalue weighted by Gasteiger charge is 2.06. The van der Waals surface area contributed by atoms with E-state index in [-0.39, 0.29) is 11.3 Å². The van der Waals surface area contributed by atoms with Gasteiger partial charge in [-0.05, 0) is 35.9 Å². The maximum atomic E-state index is 10.5. The van der Waals surface area contributed by atoms with E-state index >= 15 is 0 Å². The summed E-state index contributed by atoms with van der Waals surface area (Å²) in [6.07, 6.45) is 0. The van der Waals surface area contributed by atoms with Gasteiger partial charge in [0.2, 0.25) is 0 Å². The Labute approximate surface area is 150 Å². The molecular formula is C13H12Cl2N2O5S2. The van der Waals surface area contributed by atoms with Gasteiger partial charge in [-0.2, -0.15) is 16.8 Å². The summed E-state index contributed by atoms with van der Waals surface area (Å²) in [4.78, 5) is 0. The Balaban J connectivity index is 0.000000272. The first-order valence-electron chi connectivity index (χ1n) is 6.12.